The van der Waals surface area contributed by atoms with Gasteiger partial charge < -0.3 is 19.5 Å². The summed E-state index contributed by atoms with van der Waals surface area (Å²) in [7, 11) is 0. The molecule has 2 aromatic heterocycles. The Bertz CT molecular complexity index is 594. The van der Waals surface area contributed by atoms with Crippen LogP contribution >= 0.6 is 0 Å². The molecule has 7 nitrogen and oxygen atoms in total. The summed E-state index contributed by atoms with van der Waals surface area (Å²) < 4.78 is 5.24. The van der Waals surface area contributed by atoms with Gasteiger partial charge in [0.25, 0.3) is 0 Å². The van der Waals surface area contributed by atoms with Crippen molar-refractivity contribution in [1.82, 2.24) is 20.2 Å². The van der Waals surface area contributed by atoms with E-state index in [1.807, 2.05) is 17.0 Å². The van der Waals surface area contributed by atoms with Gasteiger partial charge in [-0.2, -0.15) is 0 Å². The molecular weight excluding hydrogens is 294 g/mol. The van der Waals surface area contributed by atoms with Crippen molar-refractivity contribution in [3.8, 4) is 0 Å². The van der Waals surface area contributed by atoms with Crippen molar-refractivity contribution >= 4 is 11.9 Å². The van der Waals surface area contributed by atoms with E-state index in [4.69, 9.17) is 4.42 Å². The summed E-state index contributed by atoms with van der Waals surface area (Å²) in [6.07, 6.45) is 5.63. The zero-order valence-corrected chi connectivity index (χ0v) is 13.0. The van der Waals surface area contributed by atoms with Gasteiger partial charge in [0, 0.05) is 51.5 Å². The lowest BCUT2D eigenvalue weighted by Gasteiger charge is -2.34. The average Bonchev–Trinajstić information content (AvgIpc) is 3.13. The van der Waals surface area contributed by atoms with Crippen molar-refractivity contribution < 1.29 is 9.21 Å². The Morgan fingerprint density at radius 1 is 1.17 bits per heavy atom. The summed E-state index contributed by atoms with van der Waals surface area (Å²) >= 11 is 0. The molecule has 7 heteroatoms. The monoisotopic (exact) mass is 315 g/mol. The summed E-state index contributed by atoms with van der Waals surface area (Å²) in [6.45, 7) is 4.29. The van der Waals surface area contributed by atoms with Gasteiger partial charge in [0.1, 0.15) is 5.76 Å². The standard InChI is InChI=1S/C16H21N5O2/c22-15(4-7-17-13-14-3-1-12-23-14)20-8-10-21(11-9-20)16-18-5-2-6-19-16/h1-3,5-6,12,17H,4,7-11,13H2. The number of hydrogen-bond acceptors (Lipinski definition) is 6. The van der Waals surface area contributed by atoms with Crippen LogP contribution in [0.4, 0.5) is 5.95 Å². The fraction of sp³-hybridized carbons (Fsp3) is 0.438. The topological polar surface area (TPSA) is 74.5 Å². The normalized spacial score (nSPS) is 15.0. The molecule has 3 rings (SSSR count). The van der Waals surface area contributed by atoms with E-state index in [0.717, 1.165) is 37.9 Å². The number of anilines is 1. The Kier molecular flexibility index (Phi) is 5.21. The molecule has 1 saturated heterocycles. The third kappa shape index (κ3) is 4.29. The Hall–Kier alpha value is -2.41. The maximum Gasteiger partial charge on any atom is 0.225 e. The van der Waals surface area contributed by atoms with Crippen LogP contribution in [-0.2, 0) is 11.3 Å². The highest BCUT2D eigenvalue weighted by Crippen LogP contribution is 2.10. The molecule has 3 heterocycles. The minimum atomic E-state index is 0.186. The molecule has 1 amide bonds. The molecule has 1 aliphatic heterocycles. The van der Waals surface area contributed by atoms with Crippen molar-refractivity contribution in [2.24, 2.45) is 0 Å². The summed E-state index contributed by atoms with van der Waals surface area (Å²) in [5.74, 6) is 1.80. The molecule has 1 N–H and O–H groups in total. The average molecular weight is 315 g/mol. The SMILES string of the molecule is O=C(CCNCc1ccco1)N1CCN(c2ncccn2)CC1. The van der Waals surface area contributed by atoms with Crippen LogP contribution in [0.15, 0.2) is 41.3 Å². The van der Waals surface area contributed by atoms with Gasteiger partial charge in [-0.1, -0.05) is 0 Å². The van der Waals surface area contributed by atoms with E-state index in [0.29, 0.717) is 19.5 Å². The third-order valence-electron chi connectivity index (χ3n) is 3.86. The molecule has 2 aromatic rings. The van der Waals surface area contributed by atoms with E-state index >= 15 is 0 Å². The lowest BCUT2D eigenvalue weighted by molar-refractivity contribution is -0.131. The van der Waals surface area contributed by atoms with Crippen molar-refractivity contribution in [2.45, 2.75) is 13.0 Å². The fourth-order valence-electron chi connectivity index (χ4n) is 2.59. The van der Waals surface area contributed by atoms with Gasteiger partial charge in [0.2, 0.25) is 11.9 Å². The molecule has 23 heavy (non-hydrogen) atoms. The number of carbonyl (C=O) groups is 1. The van der Waals surface area contributed by atoms with E-state index in [2.05, 4.69) is 20.2 Å². The van der Waals surface area contributed by atoms with Gasteiger partial charge in [-0.05, 0) is 18.2 Å². The second-order valence-corrected chi connectivity index (χ2v) is 5.42. The van der Waals surface area contributed by atoms with E-state index in [1.54, 1.807) is 24.7 Å². The Labute approximate surface area is 135 Å². The van der Waals surface area contributed by atoms with E-state index in [9.17, 15) is 4.79 Å². The number of aromatic nitrogens is 2. The summed E-state index contributed by atoms with van der Waals surface area (Å²) in [5, 5.41) is 3.22. The van der Waals surface area contributed by atoms with Gasteiger partial charge in [0.15, 0.2) is 0 Å². The number of piperazine rings is 1. The summed E-state index contributed by atoms with van der Waals surface area (Å²) in [4.78, 5) is 24.7. The smallest absolute Gasteiger partial charge is 0.225 e. The van der Waals surface area contributed by atoms with Crippen LogP contribution in [0, 0.1) is 0 Å². The predicted octanol–water partition coefficient (Wildman–Crippen LogP) is 0.898. The maximum atomic E-state index is 12.2. The van der Waals surface area contributed by atoms with Crippen molar-refractivity contribution in [3.05, 3.63) is 42.6 Å². The van der Waals surface area contributed by atoms with Crippen LogP contribution in [-0.4, -0.2) is 53.5 Å². The number of carbonyl (C=O) groups excluding carboxylic acids is 1. The van der Waals surface area contributed by atoms with Crippen molar-refractivity contribution in [3.63, 3.8) is 0 Å². The first-order valence-corrected chi connectivity index (χ1v) is 7.86. The number of furan rings is 1. The van der Waals surface area contributed by atoms with Gasteiger partial charge in [-0.3, -0.25) is 4.79 Å². The van der Waals surface area contributed by atoms with Crippen LogP contribution in [0.1, 0.15) is 12.2 Å². The van der Waals surface area contributed by atoms with Crippen molar-refractivity contribution in [1.29, 1.82) is 0 Å². The molecule has 0 aliphatic carbocycles. The second-order valence-electron chi connectivity index (χ2n) is 5.42. The third-order valence-corrected chi connectivity index (χ3v) is 3.86. The Balaban J connectivity index is 1.36. The summed E-state index contributed by atoms with van der Waals surface area (Å²) in [5.41, 5.74) is 0. The predicted molar refractivity (Wildman–Crippen MR) is 85.9 cm³/mol. The van der Waals surface area contributed by atoms with Crippen LogP contribution in [0.5, 0.6) is 0 Å². The highest BCUT2D eigenvalue weighted by Gasteiger charge is 2.21. The number of nitrogens with zero attached hydrogens (tertiary/aromatic N) is 4. The highest BCUT2D eigenvalue weighted by molar-refractivity contribution is 5.76. The minimum Gasteiger partial charge on any atom is -0.468 e. The molecule has 0 spiro atoms. The molecular formula is C16H21N5O2. The molecule has 1 aliphatic rings. The van der Waals surface area contributed by atoms with Gasteiger partial charge in [0.05, 0.1) is 12.8 Å². The Morgan fingerprint density at radius 2 is 1.96 bits per heavy atom. The van der Waals surface area contributed by atoms with Crippen molar-refractivity contribution in [2.75, 3.05) is 37.6 Å². The molecule has 0 radical (unpaired) electrons. The largest absolute Gasteiger partial charge is 0.468 e. The lowest BCUT2D eigenvalue weighted by atomic mass is 10.3. The quantitative estimate of drug-likeness (QED) is 0.798. The minimum absolute atomic E-state index is 0.186. The van der Waals surface area contributed by atoms with E-state index in [1.165, 1.54) is 0 Å². The highest BCUT2D eigenvalue weighted by atomic mass is 16.3. The number of hydrogen-bond donors (Lipinski definition) is 1. The number of rotatable bonds is 6. The van der Waals surface area contributed by atoms with Crippen LogP contribution < -0.4 is 10.2 Å². The molecule has 0 saturated carbocycles. The Morgan fingerprint density at radius 3 is 2.65 bits per heavy atom. The van der Waals surface area contributed by atoms with E-state index in [-0.39, 0.29) is 5.91 Å². The van der Waals surface area contributed by atoms with Gasteiger partial charge in [-0.25, -0.2) is 9.97 Å². The molecule has 0 bridgehead atoms. The molecule has 0 atom stereocenters. The van der Waals surface area contributed by atoms with Crippen LogP contribution in [0.2, 0.25) is 0 Å². The zero-order chi connectivity index (χ0) is 15.9. The number of nitrogens with one attached hydrogen (secondary N) is 1. The van der Waals surface area contributed by atoms with Crippen LogP contribution in [0.25, 0.3) is 0 Å². The molecule has 0 unspecified atom stereocenters. The van der Waals surface area contributed by atoms with Gasteiger partial charge >= 0.3 is 0 Å². The first-order valence-electron chi connectivity index (χ1n) is 7.86. The van der Waals surface area contributed by atoms with Crippen LogP contribution in [0.3, 0.4) is 0 Å². The van der Waals surface area contributed by atoms with E-state index < -0.39 is 0 Å². The second kappa shape index (κ2) is 7.73. The number of amides is 1. The maximum absolute atomic E-state index is 12.2. The summed E-state index contributed by atoms with van der Waals surface area (Å²) in [6, 6.07) is 5.58. The first-order chi connectivity index (χ1) is 11.3. The van der Waals surface area contributed by atoms with Gasteiger partial charge in [-0.15, -0.1) is 0 Å². The first kappa shape index (κ1) is 15.5. The zero-order valence-electron chi connectivity index (χ0n) is 13.0. The fourth-order valence-corrected chi connectivity index (χ4v) is 2.59. The molecule has 0 aromatic carbocycles. The molecule has 122 valence electrons. The lowest BCUT2D eigenvalue weighted by Crippen LogP contribution is -2.49. The molecule has 1 fully saturated rings.